The summed E-state index contributed by atoms with van der Waals surface area (Å²) in [5.74, 6) is 1.80. The van der Waals surface area contributed by atoms with Gasteiger partial charge in [0.05, 0.1) is 0 Å². The van der Waals surface area contributed by atoms with Crippen LogP contribution in [0.3, 0.4) is 0 Å². The van der Waals surface area contributed by atoms with Gasteiger partial charge in [0.15, 0.2) is 5.96 Å². The van der Waals surface area contributed by atoms with E-state index in [1.807, 2.05) is 7.05 Å². The molecule has 0 saturated heterocycles. The molecule has 0 spiro atoms. The Bertz CT molecular complexity index is 507. The average molecular weight is 286 g/mol. The number of para-hydroxylation sites is 1. The third kappa shape index (κ3) is 3.49. The van der Waals surface area contributed by atoms with Crippen LogP contribution in [0.2, 0.25) is 0 Å². The zero-order chi connectivity index (χ0) is 14.7. The van der Waals surface area contributed by atoms with Crippen LogP contribution in [0.25, 0.3) is 0 Å². The summed E-state index contributed by atoms with van der Waals surface area (Å²) in [7, 11) is 1.84. The molecule has 3 rings (SSSR count). The van der Waals surface area contributed by atoms with Crippen molar-refractivity contribution in [2.24, 2.45) is 10.9 Å². The second-order valence-corrected chi connectivity index (χ2v) is 6.20. The summed E-state index contributed by atoms with van der Waals surface area (Å²) in [4.78, 5) is 6.79. The summed E-state index contributed by atoms with van der Waals surface area (Å²) in [6, 6.07) is 9.34. The minimum Gasteiger partial charge on any atom is -0.367 e. The Balaban J connectivity index is 1.48. The number of nitrogens with zero attached hydrogens (tertiary/aromatic N) is 2. The molecule has 1 aromatic carbocycles. The second-order valence-electron chi connectivity index (χ2n) is 6.20. The van der Waals surface area contributed by atoms with Crippen molar-refractivity contribution in [2.45, 2.75) is 32.2 Å². The van der Waals surface area contributed by atoms with E-state index in [-0.39, 0.29) is 0 Å². The Morgan fingerprint density at radius 2 is 2.10 bits per heavy atom. The monoisotopic (exact) mass is 286 g/mol. The second kappa shape index (κ2) is 6.37. The molecule has 0 aromatic heterocycles. The molecule has 114 valence electrons. The highest BCUT2D eigenvalue weighted by molar-refractivity contribution is 5.79. The Morgan fingerprint density at radius 3 is 2.86 bits per heavy atom. The molecule has 21 heavy (non-hydrogen) atoms. The van der Waals surface area contributed by atoms with Crippen molar-refractivity contribution in [1.82, 2.24) is 10.6 Å². The number of nitrogens with one attached hydrogen (secondary N) is 2. The van der Waals surface area contributed by atoms with Gasteiger partial charge >= 0.3 is 0 Å². The van der Waals surface area contributed by atoms with Gasteiger partial charge in [0.1, 0.15) is 0 Å². The van der Waals surface area contributed by atoms with Crippen LogP contribution in [0.1, 0.15) is 25.3 Å². The summed E-state index contributed by atoms with van der Waals surface area (Å²) in [6.07, 6.45) is 3.89. The SMILES string of the molecule is CN=C(NCCN1c2ccccc2CC1C)NCC1CC1. The maximum atomic E-state index is 4.29. The number of benzene rings is 1. The molecule has 1 atom stereocenters. The van der Waals surface area contributed by atoms with Crippen molar-refractivity contribution in [1.29, 1.82) is 0 Å². The van der Waals surface area contributed by atoms with Crippen molar-refractivity contribution in [3.63, 3.8) is 0 Å². The zero-order valence-corrected chi connectivity index (χ0v) is 13.1. The van der Waals surface area contributed by atoms with Crippen molar-refractivity contribution in [2.75, 3.05) is 31.6 Å². The summed E-state index contributed by atoms with van der Waals surface area (Å²) < 4.78 is 0. The fourth-order valence-corrected chi connectivity index (χ4v) is 3.05. The van der Waals surface area contributed by atoms with Crippen molar-refractivity contribution in [3.05, 3.63) is 29.8 Å². The third-order valence-electron chi connectivity index (χ3n) is 4.47. The zero-order valence-electron chi connectivity index (χ0n) is 13.1. The van der Waals surface area contributed by atoms with Crippen molar-refractivity contribution < 1.29 is 0 Å². The van der Waals surface area contributed by atoms with E-state index in [1.165, 1.54) is 24.1 Å². The van der Waals surface area contributed by atoms with E-state index < -0.39 is 0 Å². The average Bonchev–Trinajstić information content (AvgIpc) is 3.26. The first-order valence-corrected chi connectivity index (χ1v) is 8.07. The molecule has 1 heterocycles. The normalized spacial score (nSPS) is 21.3. The molecule has 1 saturated carbocycles. The fourth-order valence-electron chi connectivity index (χ4n) is 3.05. The molecule has 1 aliphatic carbocycles. The summed E-state index contributed by atoms with van der Waals surface area (Å²) in [5, 5.41) is 6.84. The number of anilines is 1. The minimum absolute atomic E-state index is 0.589. The molecular weight excluding hydrogens is 260 g/mol. The summed E-state index contributed by atoms with van der Waals surface area (Å²) >= 11 is 0. The van der Waals surface area contributed by atoms with E-state index in [2.05, 4.69) is 51.7 Å². The Hall–Kier alpha value is -1.71. The Labute approximate surface area is 127 Å². The lowest BCUT2D eigenvalue weighted by Gasteiger charge is -2.25. The van der Waals surface area contributed by atoms with Crippen LogP contribution in [0.5, 0.6) is 0 Å². The number of guanidine groups is 1. The van der Waals surface area contributed by atoms with Gasteiger partial charge in [-0.1, -0.05) is 18.2 Å². The van der Waals surface area contributed by atoms with Gasteiger partial charge in [-0.25, -0.2) is 0 Å². The number of rotatable bonds is 5. The lowest BCUT2D eigenvalue weighted by Crippen LogP contribution is -2.43. The number of fused-ring (bicyclic) bond motifs is 1. The highest BCUT2D eigenvalue weighted by atomic mass is 15.2. The molecule has 4 nitrogen and oxygen atoms in total. The highest BCUT2D eigenvalue weighted by Gasteiger charge is 2.25. The van der Waals surface area contributed by atoms with E-state index >= 15 is 0 Å². The smallest absolute Gasteiger partial charge is 0.191 e. The summed E-state index contributed by atoms with van der Waals surface area (Å²) in [5.41, 5.74) is 2.87. The topological polar surface area (TPSA) is 39.7 Å². The van der Waals surface area contributed by atoms with Gasteiger partial charge in [-0.2, -0.15) is 0 Å². The van der Waals surface area contributed by atoms with Crippen LogP contribution in [-0.4, -0.2) is 38.7 Å². The number of hydrogen-bond donors (Lipinski definition) is 2. The predicted octanol–water partition coefficient (Wildman–Crippen LogP) is 2.01. The van der Waals surface area contributed by atoms with Gasteiger partial charge in [0.2, 0.25) is 0 Å². The molecule has 4 heteroatoms. The number of hydrogen-bond acceptors (Lipinski definition) is 2. The minimum atomic E-state index is 0.589. The molecule has 1 aromatic rings. The van der Waals surface area contributed by atoms with Crippen LogP contribution < -0.4 is 15.5 Å². The molecular formula is C17H26N4. The lowest BCUT2D eigenvalue weighted by molar-refractivity contribution is 0.654. The van der Waals surface area contributed by atoms with Crippen molar-refractivity contribution >= 4 is 11.6 Å². The first kappa shape index (κ1) is 14.2. The van der Waals surface area contributed by atoms with Crippen LogP contribution in [0, 0.1) is 5.92 Å². The molecule has 0 radical (unpaired) electrons. The van der Waals surface area contributed by atoms with E-state index in [9.17, 15) is 0 Å². The van der Waals surface area contributed by atoms with Crippen LogP contribution in [0.15, 0.2) is 29.3 Å². The standard InChI is InChI=1S/C17H26N4/c1-13-11-15-5-3-4-6-16(15)21(13)10-9-19-17(18-2)20-12-14-7-8-14/h3-6,13-14H,7-12H2,1-2H3,(H2,18,19,20). The molecule has 1 fully saturated rings. The quantitative estimate of drug-likeness (QED) is 0.642. The molecule has 1 unspecified atom stereocenters. The van der Waals surface area contributed by atoms with Gasteiger partial charge < -0.3 is 15.5 Å². The Morgan fingerprint density at radius 1 is 1.29 bits per heavy atom. The molecule has 0 bridgehead atoms. The van der Waals surface area contributed by atoms with Gasteiger partial charge in [-0.05, 0) is 43.7 Å². The van der Waals surface area contributed by atoms with Crippen LogP contribution in [0.4, 0.5) is 5.69 Å². The van der Waals surface area contributed by atoms with Gasteiger partial charge in [-0.3, -0.25) is 4.99 Å². The Kier molecular flexibility index (Phi) is 4.32. The molecule has 0 amide bonds. The maximum Gasteiger partial charge on any atom is 0.191 e. The van der Waals surface area contributed by atoms with Gasteiger partial charge in [-0.15, -0.1) is 0 Å². The van der Waals surface area contributed by atoms with E-state index in [1.54, 1.807) is 0 Å². The van der Waals surface area contributed by atoms with E-state index in [0.29, 0.717) is 6.04 Å². The largest absolute Gasteiger partial charge is 0.367 e. The van der Waals surface area contributed by atoms with E-state index in [4.69, 9.17) is 0 Å². The van der Waals surface area contributed by atoms with E-state index in [0.717, 1.165) is 37.9 Å². The first-order chi connectivity index (χ1) is 10.3. The summed E-state index contributed by atoms with van der Waals surface area (Å²) in [6.45, 7) is 5.30. The molecule has 1 aliphatic heterocycles. The third-order valence-corrected chi connectivity index (χ3v) is 4.47. The van der Waals surface area contributed by atoms with Gasteiger partial charge in [0, 0.05) is 38.4 Å². The number of aliphatic imine (C=N–C) groups is 1. The predicted molar refractivity (Wildman–Crippen MR) is 89.0 cm³/mol. The maximum absolute atomic E-state index is 4.29. The fraction of sp³-hybridized carbons (Fsp3) is 0.588. The highest BCUT2D eigenvalue weighted by Crippen LogP contribution is 2.31. The van der Waals surface area contributed by atoms with Crippen molar-refractivity contribution in [3.8, 4) is 0 Å². The first-order valence-electron chi connectivity index (χ1n) is 8.07. The molecule has 2 N–H and O–H groups in total. The van der Waals surface area contributed by atoms with Gasteiger partial charge in [0.25, 0.3) is 0 Å². The van der Waals surface area contributed by atoms with Crippen LogP contribution in [-0.2, 0) is 6.42 Å². The van der Waals surface area contributed by atoms with Crippen LogP contribution >= 0.6 is 0 Å². The lowest BCUT2D eigenvalue weighted by atomic mass is 10.1. The molecule has 2 aliphatic rings.